The number of benzene rings is 2. The molecule has 0 amide bonds. The molecule has 1 N–H and O–H groups in total. The molecular weight excluding hydrogens is 338 g/mol. The fraction of sp³-hybridized carbons (Fsp3) is 0.188. The van der Waals surface area contributed by atoms with Crippen LogP contribution in [-0.4, -0.2) is 21.5 Å². The predicted octanol–water partition coefficient (Wildman–Crippen LogP) is 3.54. The number of hydrogen-bond donors (Lipinski definition) is 1. The molecule has 23 heavy (non-hydrogen) atoms. The topological polar surface area (TPSA) is 72.5 Å². The Morgan fingerprint density at radius 2 is 1.83 bits per heavy atom. The molecule has 0 saturated heterocycles. The van der Waals surface area contributed by atoms with E-state index in [4.69, 9.17) is 11.6 Å². The Morgan fingerprint density at radius 3 is 2.48 bits per heavy atom. The van der Waals surface area contributed by atoms with Crippen molar-refractivity contribution in [1.29, 1.82) is 0 Å². The number of hydrogen-bond acceptors (Lipinski definition) is 4. The van der Waals surface area contributed by atoms with E-state index in [1.165, 1.54) is 25.3 Å². The second-order valence-electron chi connectivity index (χ2n) is 5.06. The lowest BCUT2D eigenvalue weighted by Gasteiger charge is -2.13. The Morgan fingerprint density at radius 1 is 1.13 bits per heavy atom. The maximum absolute atomic E-state index is 12.6. The van der Waals surface area contributed by atoms with E-state index >= 15 is 0 Å². The lowest BCUT2D eigenvalue weighted by atomic mass is 10.1. The molecule has 0 atom stereocenters. The smallest absolute Gasteiger partial charge is 0.337 e. The predicted molar refractivity (Wildman–Crippen MR) is 89.5 cm³/mol. The van der Waals surface area contributed by atoms with Gasteiger partial charge in [-0.15, -0.1) is 0 Å². The van der Waals surface area contributed by atoms with Gasteiger partial charge in [-0.05, 0) is 49.2 Å². The molecule has 2 aromatic rings. The molecule has 0 spiro atoms. The number of esters is 1. The van der Waals surface area contributed by atoms with Crippen LogP contribution in [0.5, 0.6) is 0 Å². The van der Waals surface area contributed by atoms with E-state index in [0.717, 1.165) is 11.1 Å². The van der Waals surface area contributed by atoms with Crippen LogP contribution in [0.1, 0.15) is 21.5 Å². The molecule has 0 aromatic heterocycles. The first-order valence-corrected chi connectivity index (χ1v) is 8.58. The van der Waals surface area contributed by atoms with Crippen molar-refractivity contribution in [3.05, 3.63) is 58.1 Å². The van der Waals surface area contributed by atoms with E-state index in [1.807, 2.05) is 19.1 Å². The van der Waals surface area contributed by atoms with Gasteiger partial charge in [0.2, 0.25) is 0 Å². The van der Waals surface area contributed by atoms with Crippen molar-refractivity contribution in [1.82, 2.24) is 0 Å². The third kappa shape index (κ3) is 3.83. The van der Waals surface area contributed by atoms with Crippen LogP contribution in [0.2, 0.25) is 5.02 Å². The normalized spacial score (nSPS) is 11.1. The van der Waals surface area contributed by atoms with E-state index in [0.29, 0.717) is 5.69 Å². The minimum atomic E-state index is -3.94. The highest BCUT2D eigenvalue weighted by molar-refractivity contribution is 7.92. The van der Waals surface area contributed by atoms with Crippen molar-refractivity contribution < 1.29 is 17.9 Å². The average molecular weight is 354 g/mol. The number of rotatable bonds is 4. The largest absolute Gasteiger partial charge is 0.465 e. The number of nitrogens with one attached hydrogen (secondary N) is 1. The summed E-state index contributed by atoms with van der Waals surface area (Å²) < 4.78 is 32.3. The van der Waals surface area contributed by atoms with Gasteiger partial charge in [0.1, 0.15) is 4.90 Å². The third-order valence-electron chi connectivity index (χ3n) is 3.28. The molecule has 0 fully saturated rings. The summed E-state index contributed by atoms with van der Waals surface area (Å²) in [5.74, 6) is -0.634. The van der Waals surface area contributed by atoms with Crippen molar-refractivity contribution in [3.8, 4) is 0 Å². The lowest BCUT2D eigenvalue weighted by Crippen LogP contribution is -2.15. The fourth-order valence-electron chi connectivity index (χ4n) is 2.00. The summed E-state index contributed by atoms with van der Waals surface area (Å²) in [5.41, 5.74) is 2.27. The van der Waals surface area contributed by atoms with Gasteiger partial charge in [0.25, 0.3) is 10.0 Å². The third-order valence-corrected chi connectivity index (χ3v) is 5.13. The molecule has 0 aliphatic carbocycles. The first-order chi connectivity index (χ1) is 10.7. The number of ether oxygens (including phenoxy) is 1. The van der Waals surface area contributed by atoms with Gasteiger partial charge in [-0.1, -0.05) is 23.7 Å². The van der Waals surface area contributed by atoms with Gasteiger partial charge >= 0.3 is 5.97 Å². The summed E-state index contributed by atoms with van der Waals surface area (Å²) in [5, 5.41) is 0.0236. The van der Waals surface area contributed by atoms with E-state index in [9.17, 15) is 13.2 Å². The highest BCUT2D eigenvalue weighted by Crippen LogP contribution is 2.27. The standard InChI is InChI=1S/C16H16ClNO4S/c1-10-4-5-11(2)14(8-10)18-23(20,21)15-9-12(16(19)22-3)6-7-13(15)17/h4-9,18H,1-3H3. The summed E-state index contributed by atoms with van der Waals surface area (Å²) >= 11 is 5.99. The van der Waals surface area contributed by atoms with Gasteiger partial charge in [0, 0.05) is 0 Å². The summed E-state index contributed by atoms with van der Waals surface area (Å²) in [6, 6.07) is 9.39. The molecule has 7 heteroatoms. The Hall–Kier alpha value is -2.05. The SMILES string of the molecule is COC(=O)c1ccc(Cl)c(S(=O)(=O)Nc2cc(C)ccc2C)c1. The molecule has 5 nitrogen and oxygen atoms in total. The first kappa shape index (κ1) is 17.3. The second-order valence-corrected chi connectivity index (χ2v) is 7.12. The monoisotopic (exact) mass is 353 g/mol. The maximum Gasteiger partial charge on any atom is 0.337 e. The number of carbonyl (C=O) groups is 1. The lowest BCUT2D eigenvalue weighted by molar-refractivity contribution is 0.0600. The van der Waals surface area contributed by atoms with Gasteiger partial charge in [0.15, 0.2) is 0 Å². The number of anilines is 1. The molecule has 0 radical (unpaired) electrons. The van der Waals surface area contributed by atoms with E-state index in [2.05, 4.69) is 9.46 Å². The number of methoxy groups -OCH3 is 1. The molecule has 122 valence electrons. The highest BCUT2D eigenvalue weighted by Gasteiger charge is 2.21. The van der Waals surface area contributed by atoms with E-state index in [1.54, 1.807) is 13.0 Å². The van der Waals surface area contributed by atoms with E-state index < -0.39 is 16.0 Å². The summed E-state index contributed by atoms with van der Waals surface area (Å²) in [6.07, 6.45) is 0. The van der Waals surface area contributed by atoms with Gasteiger partial charge in [-0.25, -0.2) is 13.2 Å². The number of halogens is 1. The van der Waals surface area contributed by atoms with E-state index in [-0.39, 0.29) is 15.5 Å². The van der Waals surface area contributed by atoms with Gasteiger partial charge in [-0.2, -0.15) is 0 Å². The Bertz CT molecular complexity index is 862. The zero-order chi connectivity index (χ0) is 17.2. The van der Waals surface area contributed by atoms with Crippen LogP contribution in [0.25, 0.3) is 0 Å². The summed E-state index contributed by atoms with van der Waals surface area (Å²) in [6.45, 7) is 3.66. The molecule has 0 aliphatic heterocycles. The molecule has 0 aliphatic rings. The minimum absolute atomic E-state index is 0.0236. The molecular formula is C16H16ClNO4S. The van der Waals surface area contributed by atoms with Crippen molar-refractivity contribution in [2.75, 3.05) is 11.8 Å². The van der Waals surface area contributed by atoms with Crippen molar-refractivity contribution in [2.24, 2.45) is 0 Å². The van der Waals surface area contributed by atoms with Crippen molar-refractivity contribution in [2.45, 2.75) is 18.7 Å². The van der Waals surface area contributed by atoms with Gasteiger partial charge in [-0.3, -0.25) is 4.72 Å². The van der Waals surface area contributed by atoms with Crippen LogP contribution in [0.4, 0.5) is 5.69 Å². The summed E-state index contributed by atoms with van der Waals surface area (Å²) in [7, 11) is -2.72. The molecule has 0 heterocycles. The molecule has 2 rings (SSSR count). The number of sulfonamides is 1. The van der Waals surface area contributed by atoms with Crippen molar-refractivity contribution >= 4 is 33.3 Å². The Kier molecular flexibility index (Phi) is 4.97. The average Bonchev–Trinajstić information content (AvgIpc) is 2.50. The fourth-order valence-corrected chi connectivity index (χ4v) is 3.65. The van der Waals surface area contributed by atoms with Crippen LogP contribution >= 0.6 is 11.6 Å². The maximum atomic E-state index is 12.6. The Balaban J connectivity index is 2.47. The summed E-state index contributed by atoms with van der Waals surface area (Å²) in [4.78, 5) is 11.4. The molecule has 2 aromatic carbocycles. The minimum Gasteiger partial charge on any atom is -0.465 e. The van der Waals surface area contributed by atoms with Crippen LogP contribution in [0.3, 0.4) is 0 Å². The quantitative estimate of drug-likeness (QED) is 0.853. The Labute approximate surface area is 140 Å². The highest BCUT2D eigenvalue weighted by atomic mass is 35.5. The van der Waals surface area contributed by atoms with Crippen molar-refractivity contribution in [3.63, 3.8) is 0 Å². The number of aryl methyl sites for hydroxylation is 2. The molecule has 0 saturated carbocycles. The van der Waals surface area contributed by atoms with Crippen LogP contribution in [-0.2, 0) is 14.8 Å². The first-order valence-electron chi connectivity index (χ1n) is 6.72. The van der Waals surface area contributed by atoms with Crippen LogP contribution < -0.4 is 4.72 Å². The van der Waals surface area contributed by atoms with Crippen LogP contribution in [0, 0.1) is 13.8 Å². The molecule has 0 bridgehead atoms. The molecule has 0 unspecified atom stereocenters. The zero-order valence-corrected chi connectivity index (χ0v) is 14.5. The zero-order valence-electron chi connectivity index (χ0n) is 12.9. The second kappa shape index (κ2) is 6.60. The number of carbonyl (C=O) groups excluding carboxylic acids is 1. The van der Waals surface area contributed by atoms with Crippen LogP contribution in [0.15, 0.2) is 41.3 Å². The van der Waals surface area contributed by atoms with Gasteiger partial charge in [0.05, 0.1) is 23.4 Å². The van der Waals surface area contributed by atoms with Gasteiger partial charge < -0.3 is 4.74 Å².